The maximum absolute atomic E-state index is 11.4. The quantitative estimate of drug-likeness (QED) is 0.615. The fourth-order valence-corrected chi connectivity index (χ4v) is 2.77. The van der Waals surface area contributed by atoms with Crippen LogP contribution >= 0.6 is 22.6 Å². The second-order valence-corrected chi connectivity index (χ2v) is 5.07. The monoisotopic (exact) mass is 331 g/mol. The minimum Gasteiger partial charge on any atom is -0.469 e. The van der Waals surface area contributed by atoms with Gasteiger partial charge in [-0.2, -0.15) is 0 Å². The number of hydrogen-bond donors (Lipinski definition) is 0. The van der Waals surface area contributed by atoms with Gasteiger partial charge in [0.05, 0.1) is 18.7 Å². The summed E-state index contributed by atoms with van der Waals surface area (Å²) in [5.74, 6) is -0.0607. The normalized spacial score (nSPS) is 19.9. The van der Waals surface area contributed by atoms with Crippen LogP contribution in [0.3, 0.4) is 0 Å². The van der Waals surface area contributed by atoms with Gasteiger partial charge < -0.3 is 9.64 Å². The van der Waals surface area contributed by atoms with Crippen molar-refractivity contribution in [1.29, 1.82) is 0 Å². The lowest BCUT2D eigenvalue weighted by atomic mass is 10.1. The molecule has 0 bridgehead atoms. The van der Waals surface area contributed by atoms with E-state index < -0.39 is 0 Å². The van der Waals surface area contributed by atoms with Crippen molar-refractivity contribution in [2.75, 3.05) is 25.1 Å². The van der Waals surface area contributed by atoms with Crippen molar-refractivity contribution in [3.05, 3.63) is 27.8 Å². The number of carbonyl (C=O) groups excluding carboxylic acids is 1. The van der Waals surface area contributed by atoms with Crippen LogP contribution in [0.25, 0.3) is 0 Å². The molecule has 86 valence electrons. The first kappa shape index (κ1) is 11.7. The molecule has 1 aromatic rings. The van der Waals surface area contributed by atoms with Gasteiger partial charge in [-0.1, -0.05) is 12.1 Å². The van der Waals surface area contributed by atoms with Crippen LogP contribution in [0.1, 0.15) is 6.42 Å². The number of carbonyl (C=O) groups is 1. The molecule has 0 N–H and O–H groups in total. The number of methoxy groups -OCH3 is 1. The average molecular weight is 331 g/mol. The lowest BCUT2D eigenvalue weighted by Gasteiger charge is -2.19. The standard InChI is InChI=1S/C12H14INO2/c1-16-12(15)9-6-7-14(8-9)11-5-3-2-4-10(11)13/h2-5,9H,6-8H2,1H3. The van der Waals surface area contributed by atoms with E-state index in [0.29, 0.717) is 0 Å². The highest BCUT2D eigenvalue weighted by Gasteiger charge is 2.29. The van der Waals surface area contributed by atoms with Crippen molar-refractivity contribution >= 4 is 34.2 Å². The molecule has 1 heterocycles. The molecule has 0 aromatic heterocycles. The Morgan fingerprint density at radius 2 is 2.25 bits per heavy atom. The second-order valence-electron chi connectivity index (χ2n) is 3.91. The minimum atomic E-state index is -0.0894. The Hall–Kier alpha value is -0.780. The smallest absolute Gasteiger partial charge is 0.310 e. The van der Waals surface area contributed by atoms with Crippen LogP contribution in [-0.2, 0) is 9.53 Å². The summed E-state index contributed by atoms with van der Waals surface area (Å²) in [6.07, 6.45) is 0.887. The lowest BCUT2D eigenvalue weighted by Crippen LogP contribution is -2.24. The maximum Gasteiger partial charge on any atom is 0.310 e. The summed E-state index contributed by atoms with van der Waals surface area (Å²) < 4.78 is 6.01. The number of hydrogen-bond acceptors (Lipinski definition) is 3. The van der Waals surface area contributed by atoms with Crippen LogP contribution in [0.2, 0.25) is 0 Å². The fourth-order valence-electron chi connectivity index (χ4n) is 2.05. The van der Waals surface area contributed by atoms with E-state index in [1.165, 1.54) is 16.4 Å². The first-order chi connectivity index (χ1) is 7.72. The zero-order valence-electron chi connectivity index (χ0n) is 9.15. The minimum absolute atomic E-state index is 0.0287. The van der Waals surface area contributed by atoms with Crippen molar-refractivity contribution in [1.82, 2.24) is 0 Å². The average Bonchev–Trinajstić information content (AvgIpc) is 2.78. The van der Waals surface area contributed by atoms with Gasteiger partial charge in [-0.15, -0.1) is 0 Å². The first-order valence-corrected chi connectivity index (χ1v) is 6.37. The largest absolute Gasteiger partial charge is 0.469 e. The number of anilines is 1. The summed E-state index contributed by atoms with van der Waals surface area (Å²) in [6, 6.07) is 8.24. The van der Waals surface area contributed by atoms with Crippen LogP contribution in [0.15, 0.2) is 24.3 Å². The number of esters is 1. The Morgan fingerprint density at radius 3 is 2.94 bits per heavy atom. The highest BCUT2D eigenvalue weighted by Crippen LogP contribution is 2.28. The molecule has 0 spiro atoms. The topological polar surface area (TPSA) is 29.5 Å². The van der Waals surface area contributed by atoms with Gasteiger partial charge in [0.25, 0.3) is 0 Å². The Kier molecular flexibility index (Phi) is 3.68. The van der Waals surface area contributed by atoms with Gasteiger partial charge in [-0.3, -0.25) is 4.79 Å². The van der Waals surface area contributed by atoms with E-state index in [9.17, 15) is 4.79 Å². The number of benzene rings is 1. The highest BCUT2D eigenvalue weighted by molar-refractivity contribution is 14.1. The Bertz CT molecular complexity index is 394. The lowest BCUT2D eigenvalue weighted by molar-refractivity contribution is -0.144. The van der Waals surface area contributed by atoms with Gasteiger partial charge in [-0.05, 0) is 41.1 Å². The molecular weight excluding hydrogens is 317 g/mol. The summed E-state index contributed by atoms with van der Waals surface area (Å²) in [5, 5.41) is 0. The van der Waals surface area contributed by atoms with Crippen LogP contribution < -0.4 is 4.90 Å². The molecule has 1 fully saturated rings. The van der Waals surface area contributed by atoms with Crippen molar-refractivity contribution < 1.29 is 9.53 Å². The van der Waals surface area contributed by atoms with Crippen molar-refractivity contribution in [3.63, 3.8) is 0 Å². The summed E-state index contributed by atoms with van der Waals surface area (Å²) in [5.41, 5.74) is 1.22. The molecule has 1 aliphatic rings. The van der Waals surface area contributed by atoms with Gasteiger partial charge in [0.2, 0.25) is 0 Å². The molecule has 0 saturated carbocycles. The van der Waals surface area contributed by atoms with Crippen LogP contribution in [0, 0.1) is 9.49 Å². The molecule has 3 nitrogen and oxygen atoms in total. The van der Waals surface area contributed by atoms with Crippen LogP contribution in [0.5, 0.6) is 0 Å². The maximum atomic E-state index is 11.4. The molecule has 1 unspecified atom stereocenters. The molecule has 0 amide bonds. The Morgan fingerprint density at radius 1 is 1.50 bits per heavy atom. The SMILES string of the molecule is COC(=O)C1CCN(c2ccccc2I)C1. The highest BCUT2D eigenvalue weighted by atomic mass is 127. The Labute approximate surface area is 109 Å². The second kappa shape index (κ2) is 5.03. The summed E-state index contributed by atoms with van der Waals surface area (Å²) >= 11 is 2.33. The number of rotatable bonds is 2. The molecule has 16 heavy (non-hydrogen) atoms. The van der Waals surface area contributed by atoms with E-state index in [1.54, 1.807) is 0 Å². The molecular formula is C12H14INO2. The third-order valence-electron chi connectivity index (χ3n) is 2.92. The third kappa shape index (κ3) is 2.31. The summed E-state index contributed by atoms with van der Waals surface area (Å²) in [6.45, 7) is 1.70. The summed E-state index contributed by atoms with van der Waals surface area (Å²) in [7, 11) is 1.46. The zero-order chi connectivity index (χ0) is 11.5. The molecule has 1 atom stereocenters. The van der Waals surface area contributed by atoms with E-state index in [4.69, 9.17) is 4.74 Å². The van der Waals surface area contributed by atoms with E-state index in [0.717, 1.165) is 19.5 Å². The zero-order valence-corrected chi connectivity index (χ0v) is 11.3. The number of para-hydroxylation sites is 1. The number of halogens is 1. The van der Waals surface area contributed by atoms with E-state index in [2.05, 4.69) is 39.6 Å². The van der Waals surface area contributed by atoms with Crippen LogP contribution in [0.4, 0.5) is 5.69 Å². The van der Waals surface area contributed by atoms with Gasteiger partial charge in [0, 0.05) is 16.7 Å². The summed E-state index contributed by atoms with van der Waals surface area (Å²) in [4.78, 5) is 13.7. The molecule has 0 radical (unpaired) electrons. The van der Waals surface area contributed by atoms with E-state index >= 15 is 0 Å². The predicted molar refractivity (Wildman–Crippen MR) is 71.5 cm³/mol. The number of nitrogens with zero attached hydrogens (tertiary/aromatic N) is 1. The molecule has 1 aliphatic heterocycles. The van der Waals surface area contributed by atoms with Gasteiger partial charge in [-0.25, -0.2) is 0 Å². The van der Waals surface area contributed by atoms with E-state index in [-0.39, 0.29) is 11.9 Å². The van der Waals surface area contributed by atoms with Gasteiger partial charge in [0.15, 0.2) is 0 Å². The van der Waals surface area contributed by atoms with Crippen molar-refractivity contribution in [2.45, 2.75) is 6.42 Å². The fraction of sp³-hybridized carbons (Fsp3) is 0.417. The third-order valence-corrected chi connectivity index (χ3v) is 3.83. The van der Waals surface area contributed by atoms with Gasteiger partial charge >= 0.3 is 5.97 Å². The van der Waals surface area contributed by atoms with Gasteiger partial charge in [0.1, 0.15) is 0 Å². The molecule has 2 rings (SSSR count). The Balaban J connectivity index is 2.09. The molecule has 1 saturated heterocycles. The van der Waals surface area contributed by atoms with Crippen molar-refractivity contribution in [2.24, 2.45) is 5.92 Å². The van der Waals surface area contributed by atoms with Crippen LogP contribution in [-0.4, -0.2) is 26.2 Å². The van der Waals surface area contributed by atoms with E-state index in [1.807, 2.05) is 12.1 Å². The molecule has 0 aliphatic carbocycles. The predicted octanol–water partition coefficient (Wildman–Crippen LogP) is 2.29. The number of ether oxygens (including phenoxy) is 1. The first-order valence-electron chi connectivity index (χ1n) is 5.29. The molecule has 4 heteroatoms. The molecule has 1 aromatic carbocycles. The van der Waals surface area contributed by atoms with Crippen molar-refractivity contribution in [3.8, 4) is 0 Å².